The lowest BCUT2D eigenvalue weighted by Gasteiger charge is -2.13. The summed E-state index contributed by atoms with van der Waals surface area (Å²) in [4.78, 5) is 0. The predicted molar refractivity (Wildman–Crippen MR) is 40.0 cm³/mol. The Hall–Kier alpha value is 0.0900. The number of hydrogen-bond donors (Lipinski definition) is 0. The zero-order chi connectivity index (χ0) is 5.98. The van der Waals surface area contributed by atoms with Crippen molar-refractivity contribution < 1.29 is 0 Å². The molecule has 1 unspecified atom stereocenters. The Bertz CT molecular complexity index is 105. The van der Waals surface area contributed by atoms with Gasteiger partial charge in [-0.3, -0.25) is 0 Å². The minimum absolute atomic E-state index is 0.860. The molecule has 1 heteroatoms. The van der Waals surface area contributed by atoms with Crippen molar-refractivity contribution in [1.82, 2.24) is 0 Å². The minimum atomic E-state index is 0.860. The van der Waals surface area contributed by atoms with Crippen LogP contribution in [0, 0.1) is 0 Å². The van der Waals surface area contributed by atoms with E-state index >= 15 is 0 Å². The number of hydrogen-bond acceptors (Lipinski definition) is 1. The lowest BCUT2D eigenvalue weighted by atomic mass is 10.1. The van der Waals surface area contributed by atoms with E-state index in [1.807, 2.05) is 11.8 Å². The zero-order valence-corrected chi connectivity index (χ0v) is 6.29. The van der Waals surface area contributed by atoms with Crippen LogP contribution in [0.5, 0.6) is 0 Å². The molecule has 1 aliphatic rings. The van der Waals surface area contributed by atoms with Crippen LogP contribution in [0.2, 0.25) is 0 Å². The van der Waals surface area contributed by atoms with Gasteiger partial charge in [0.1, 0.15) is 0 Å². The molecule has 0 aromatic rings. The van der Waals surface area contributed by atoms with Crippen LogP contribution in [0.25, 0.3) is 0 Å². The second-order valence-electron chi connectivity index (χ2n) is 2.45. The molecular formula is C7H12S. The zero-order valence-electron chi connectivity index (χ0n) is 5.48. The van der Waals surface area contributed by atoms with Gasteiger partial charge in [0.05, 0.1) is 0 Å². The Morgan fingerprint density at radius 3 is 2.88 bits per heavy atom. The highest BCUT2D eigenvalue weighted by Gasteiger charge is 2.05. The number of allylic oxidation sites excluding steroid dienone is 1. The van der Waals surface area contributed by atoms with E-state index in [1.165, 1.54) is 12.8 Å². The van der Waals surface area contributed by atoms with Crippen LogP contribution in [0.3, 0.4) is 0 Å². The van der Waals surface area contributed by atoms with Crippen LogP contribution in [0.1, 0.15) is 26.7 Å². The second kappa shape index (κ2) is 2.58. The van der Waals surface area contributed by atoms with Gasteiger partial charge in [-0.1, -0.05) is 12.5 Å². The van der Waals surface area contributed by atoms with Gasteiger partial charge in [-0.2, -0.15) is 0 Å². The molecule has 0 saturated carbocycles. The van der Waals surface area contributed by atoms with Gasteiger partial charge in [-0.15, -0.1) is 11.8 Å². The molecule has 0 bridgehead atoms. The van der Waals surface area contributed by atoms with Gasteiger partial charge in [0.2, 0.25) is 0 Å². The fourth-order valence-electron chi connectivity index (χ4n) is 0.790. The summed E-state index contributed by atoms with van der Waals surface area (Å²) in [5.74, 6) is 0. The number of rotatable bonds is 0. The molecule has 0 aromatic heterocycles. The summed E-state index contributed by atoms with van der Waals surface area (Å²) in [6, 6.07) is 0. The van der Waals surface area contributed by atoms with Crippen molar-refractivity contribution in [3.8, 4) is 0 Å². The highest BCUT2D eigenvalue weighted by Crippen LogP contribution is 2.26. The monoisotopic (exact) mass is 128 g/mol. The Kier molecular flexibility index (Phi) is 2.01. The summed E-state index contributed by atoms with van der Waals surface area (Å²) >= 11 is 1.96. The van der Waals surface area contributed by atoms with Crippen LogP contribution >= 0.6 is 11.8 Å². The smallest absolute Gasteiger partial charge is 0.00631 e. The van der Waals surface area contributed by atoms with Crippen molar-refractivity contribution in [1.29, 1.82) is 0 Å². The van der Waals surface area contributed by atoms with E-state index < -0.39 is 0 Å². The standard InChI is InChI=1S/C7H12S/c1-6-3-4-7(2)8-5-6/h5,7H,3-4H2,1-2H3. The van der Waals surface area contributed by atoms with E-state index in [0.29, 0.717) is 0 Å². The maximum atomic E-state index is 2.29. The van der Waals surface area contributed by atoms with Gasteiger partial charge in [-0.05, 0) is 25.2 Å². The molecular weight excluding hydrogens is 116 g/mol. The third-order valence-electron chi connectivity index (χ3n) is 1.45. The first-order valence-electron chi connectivity index (χ1n) is 3.10. The van der Waals surface area contributed by atoms with Gasteiger partial charge in [0.15, 0.2) is 0 Å². The van der Waals surface area contributed by atoms with Crippen molar-refractivity contribution in [3.63, 3.8) is 0 Å². The molecule has 1 rings (SSSR count). The van der Waals surface area contributed by atoms with E-state index in [-0.39, 0.29) is 0 Å². The summed E-state index contributed by atoms with van der Waals surface area (Å²) in [7, 11) is 0. The molecule has 1 aliphatic heterocycles. The van der Waals surface area contributed by atoms with Crippen molar-refractivity contribution in [2.24, 2.45) is 0 Å². The number of thioether (sulfide) groups is 1. The van der Waals surface area contributed by atoms with Crippen molar-refractivity contribution in [2.45, 2.75) is 31.9 Å². The molecule has 0 spiro atoms. The average molecular weight is 128 g/mol. The van der Waals surface area contributed by atoms with Gasteiger partial charge in [0.25, 0.3) is 0 Å². The highest BCUT2D eigenvalue weighted by atomic mass is 32.2. The molecule has 0 aromatic carbocycles. The van der Waals surface area contributed by atoms with E-state index in [4.69, 9.17) is 0 Å². The lowest BCUT2D eigenvalue weighted by Crippen LogP contribution is -1.98. The predicted octanol–water partition coefficient (Wildman–Crippen LogP) is 2.81. The van der Waals surface area contributed by atoms with Gasteiger partial charge < -0.3 is 0 Å². The summed E-state index contributed by atoms with van der Waals surface area (Å²) in [6.45, 7) is 4.49. The van der Waals surface area contributed by atoms with Crippen LogP contribution in [-0.4, -0.2) is 5.25 Å². The molecule has 0 nitrogen and oxygen atoms in total. The molecule has 0 N–H and O–H groups in total. The average Bonchev–Trinajstić information content (AvgIpc) is 1.77. The van der Waals surface area contributed by atoms with E-state index in [2.05, 4.69) is 19.3 Å². The van der Waals surface area contributed by atoms with E-state index in [9.17, 15) is 0 Å². The third kappa shape index (κ3) is 1.55. The highest BCUT2D eigenvalue weighted by molar-refractivity contribution is 8.02. The van der Waals surface area contributed by atoms with Crippen LogP contribution in [-0.2, 0) is 0 Å². The third-order valence-corrected chi connectivity index (χ3v) is 2.69. The van der Waals surface area contributed by atoms with Gasteiger partial charge in [-0.25, -0.2) is 0 Å². The first-order chi connectivity index (χ1) is 3.79. The maximum Gasteiger partial charge on any atom is 0.00631 e. The summed E-state index contributed by atoms with van der Waals surface area (Å²) in [5, 5.41) is 3.15. The van der Waals surface area contributed by atoms with Crippen molar-refractivity contribution in [2.75, 3.05) is 0 Å². The molecule has 0 amide bonds. The fourth-order valence-corrected chi connectivity index (χ4v) is 1.63. The Labute approximate surface area is 55.4 Å². The quantitative estimate of drug-likeness (QED) is 0.483. The Morgan fingerprint density at radius 1 is 1.75 bits per heavy atom. The molecule has 0 radical (unpaired) electrons. The molecule has 0 fully saturated rings. The molecule has 8 heavy (non-hydrogen) atoms. The van der Waals surface area contributed by atoms with Gasteiger partial charge >= 0.3 is 0 Å². The van der Waals surface area contributed by atoms with Crippen LogP contribution in [0.4, 0.5) is 0 Å². The summed E-state index contributed by atoms with van der Waals surface area (Å²) in [5.41, 5.74) is 1.55. The first-order valence-corrected chi connectivity index (χ1v) is 4.04. The maximum absolute atomic E-state index is 2.29. The molecule has 0 saturated heterocycles. The summed E-state index contributed by atoms with van der Waals surface area (Å²) < 4.78 is 0. The van der Waals surface area contributed by atoms with Crippen molar-refractivity contribution in [3.05, 3.63) is 11.0 Å². The lowest BCUT2D eigenvalue weighted by molar-refractivity contribution is 0.796. The normalized spacial score (nSPS) is 29.8. The van der Waals surface area contributed by atoms with Crippen LogP contribution < -0.4 is 0 Å². The second-order valence-corrected chi connectivity index (χ2v) is 3.76. The molecule has 1 heterocycles. The molecule has 1 atom stereocenters. The Balaban J connectivity index is 2.42. The topological polar surface area (TPSA) is 0 Å². The fraction of sp³-hybridized carbons (Fsp3) is 0.714. The van der Waals surface area contributed by atoms with E-state index in [0.717, 1.165) is 5.25 Å². The van der Waals surface area contributed by atoms with Gasteiger partial charge in [0, 0.05) is 5.25 Å². The first kappa shape index (κ1) is 6.21. The molecule has 46 valence electrons. The summed E-state index contributed by atoms with van der Waals surface area (Å²) in [6.07, 6.45) is 2.68. The van der Waals surface area contributed by atoms with Crippen LogP contribution in [0.15, 0.2) is 11.0 Å². The molecule has 0 aliphatic carbocycles. The SMILES string of the molecule is CC1=CSC(C)CC1. The Morgan fingerprint density at radius 2 is 2.50 bits per heavy atom. The van der Waals surface area contributed by atoms with Crippen molar-refractivity contribution >= 4 is 11.8 Å². The minimum Gasteiger partial charge on any atom is -0.131 e. The largest absolute Gasteiger partial charge is 0.131 e. The van der Waals surface area contributed by atoms with E-state index in [1.54, 1.807) is 5.57 Å².